The van der Waals surface area contributed by atoms with E-state index >= 15 is 0 Å². The Balaban J connectivity index is 2.11. The lowest BCUT2D eigenvalue weighted by atomic mass is 10.1. The van der Waals surface area contributed by atoms with Gasteiger partial charge in [-0.15, -0.1) is 0 Å². The minimum Gasteiger partial charge on any atom is -0.496 e. The molecule has 5 nitrogen and oxygen atoms in total. The van der Waals surface area contributed by atoms with Gasteiger partial charge >= 0.3 is 0 Å². The zero-order chi connectivity index (χ0) is 14.1. The van der Waals surface area contributed by atoms with Crippen LogP contribution in [0.3, 0.4) is 0 Å². The van der Waals surface area contributed by atoms with Crippen LogP contribution in [0.5, 0.6) is 5.75 Å². The third-order valence-corrected chi connectivity index (χ3v) is 3.29. The van der Waals surface area contributed by atoms with Gasteiger partial charge in [-0.2, -0.15) is 5.10 Å². The van der Waals surface area contributed by atoms with Gasteiger partial charge in [-0.05, 0) is 42.8 Å². The van der Waals surface area contributed by atoms with Gasteiger partial charge in [0.15, 0.2) is 5.65 Å². The Hall–Kier alpha value is -2.40. The number of aliphatic hydroxyl groups is 1. The molecule has 3 rings (SSSR count). The predicted octanol–water partition coefficient (Wildman–Crippen LogP) is 2.21. The Labute approximate surface area is 116 Å². The maximum atomic E-state index is 9.28. The maximum absolute atomic E-state index is 9.28. The number of rotatable bonds is 3. The second-order valence-corrected chi connectivity index (χ2v) is 4.58. The summed E-state index contributed by atoms with van der Waals surface area (Å²) in [6, 6.07) is 9.74. The van der Waals surface area contributed by atoms with E-state index in [-0.39, 0.29) is 6.61 Å². The molecule has 0 fully saturated rings. The summed E-state index contributed by atoms with van der Waals surface area (Å²) >= 11 is 0. The standard InChI is InChI=1S/C15H15N3O2/c1-10-7-11(3-5-14(10)20-2)13-4-6-15-16-8-12(9-19)18(15)17-13/h3-8,19H,9H2,1-2H3. The van der Waals surface area contributed by atoms with Crippen LogP contribution < -0.4 is 4.74 Å². The summed E-state index contributed by atoms with van der Waals surface area (Å²) in [5.74, 6) is 0.855. The first-order valence-corrected chi connectivity index (χ1v) is 6.32. The van der Waals surface area contributed by atoms with Crippen LogP contribution >= 0.6 is 0 Å². The van der Waals surface area contributed by atoms with Crippen molar-refractivity contribution in [1.29, 1.82) is 0 Å². The summed E-state index contributed by atoms with van der Waals surface area (Å²) in [5.41, 5.74) is 4.29. The minimum absolute atomic E-state index is 0.0841. The van der Waals surface area contributed by atoms with Crippen molar-refractivity contribution < 1.29 is 9.84 Å². The fourth-order valence-corrected chi connectivity index (χ4v) is 2.22. The molecule has 0 bridgehead atoms. The number of aromatic nitrogens is 3. The Morgan fingerprint density at radius 2 is 2.10 bits per heavy atom. The first kappa shape index (κ1) is 12.6. The van der Waals surface area contributed by atoms with Crippen LogP contribution in [0.1, 0.15) is 11.3 Å². The second kappa shape index (κ2) is 4.94. The fourth-order valence-electron chi connectivity index (χ4n) is 2.22. The van der Waals surface area contributed by atoms with Gasteiger partial charge in [0.05, 0.1) is 31.3 Å². The molecule has 0 unspecified atom stereocenters. The van der Waals surface area contributed by atoms with Gasteiger partial charge in [0.1, 0.15) is 5.75 Å². The monoisotopic (exact) mass is 269 g/mol. The van der Waals surface area contributed by atoms with Crippen molar-refractivity contribution in [2.75, 3.05) is 7.11 Å². The number of hydrogen-bond donors (Lipinski definition) is 1. The summed E-state index contributed by atoms with van der Waals surface area (Å²) < 4.78 is 6.92. The maximum Gasteiger partial charge on any atom is 0.153 e. The van der Waals surface area contributed by atoms with E-state index in [1.807, 2.05) is 37.3 Å². The molecule has 5 heteroatoms. The highest BCUT2D eigenvalue weighted by molar-refractivity contribution is 5.63. The number of benzene rings is 1. The van der Waals surface area contributed by atoms with Crippen LogP contribution in [-0.2, 0) is 6.61 Å². The van der Waals surface area contributed by atoms with E-state index in [1.165, 1.54) is 0 Å². The molecule has 0 aliphatic carbocycles. The van der Waals surface area contributed by atoms with Crippen molar-refractivity contribution in [2.45, 2.75) is 13.5 Å². The Bertz CT molecular complexity index is 765. The largest absolute Gasteiger partial charge is 0.496 e. The van der Waals surface area contributed by atoms with Crippen LogP contribution in [-0.4, -0.2) is 26.8 Å². The van der Waals surface area contributed by atoms with E-state index in [2.05, 4.69) is 10.1 Å². The van der Waals surface area contributed by atoms with E-state index in [1.54, 1.807) is 17.8 Å². The van der Waals surface area contributed by atoms with E-state index in [0.717, 1.165) is 28.2 Å². The molecule has 1 aromatic carbocycles. The van der Waals surface area contributed by atoms with Gasteiger partial charge in [-0.1, -0.05) is 0 Å². The molecule has 1 N–H and O–H groups in total. The highest BCUT2D eigenvalue weighted by Gasteiger charge is 2.07. The number of imidazole rings is 1. The molecular formula is C15H15N3O2. The van der Waals surface area contributed by atoms with Gasteiger partial charge in [-0.3, -0.25) is 0 Å². The molecule has 0 saturated heterocycles. The van der Waals surface area contributed by atoms with E-state index in [4.69, 9.17) is 4.74 Å². The lowest BCUT2D eigenvalue weighted by Gasteiger charge is -2.07. The molecule has 0 saturated carbocycles. The number of nitrogens with zero attached hydrogens (tertiary/aromatic N) is 3. The number of methoxy groups -OCH3 is 1. The van der Waals surface area contributed by atoms with Crippen molar-refractivity contribution in [1.82, 2.24) is 14.6 Å². The summed E-state index contributed by atoms with van der Waals surface area (Å²) in [7, 11) is 1.66. The molecule has 0 amide bonds. The molecule has 0 spiro atoms. The third kappa shape index (κ3) is 2.02. The molecule has 0 aliphatic rings. The van der Waals surface area contributed by atoms with E-state index in [9.17, 15) is 5.11 Å². The molecule has 0 aliphatic heterocycles. The summed E-state index contributed by atoms with van der Waals surface area (Å²) in [4.78, 5) is 4.19. The van der Waals surface area contributed by atoms with Crippen molar-refractivity contribution in [2.24, 2.45) is 0 Å². The van der Waals surface area contributed by atoms with Crippen LogP contribution in [0.4, 0.5) is 0 Å². The first-order valence-electron chi connectivity index (χ1n) is 6.32. The van der Waals surface area contributed by atoms with E-state index < -0.39 is 0 Å². The predicted molar refractivity (Wildman–Crippen MR) is 75.6 cm³/mol. The van der Waals surface area contributed by atoms with Crippen molar-refractivity contribution in [3.63, 3.8) is 0 Å². The number of fused-ring (bicyclic) bond motifs is 1. The van der Waals surface area contributed by atoms with E-state index in [0.29, 0.717) is 5.69 Å². The molecule has 2 heterocycles. The number of aryl methyl sites for hydroxylation is 1. The molecule has 0 radical (unpaired) electrons. The van der Waals surface area contributed by atoms with Crippen LogP contribution in [0.15, 0.2) is 36.5 Å². The lowest BCUT2D eigenvalue weighted by molar-refractivity contribution is 0.274. The number of hydrogen-bond acceptors (Lipinski definition) is 4. The van der Waals surface area contributed by atoms with Crippen LogP contribution in [0, 0.1) is 6.92 Å². The normalized spacial score (nSPS) is 10.9. The summed E-state index contributed by atoms with van der Waals surface area (Å²) in [6.45, 7) is 1.91. The SMILES string of the molecule is COc1ccc(-c2ccc3ncc(CO)n3n2)cc1C. The third-order valence-electron chi connectivity index (χ3n) is 3.29. The molecule has 2 aromatic heterocycles. The summed E-state index contributed by atoms with van der Waals surface area (Å²) in [5, 5.41) is 13.8. The first-order chi connectivity index (χ1) is 9.72. The molecule has 3 aromatic rings. The fraction of sp³-hybridized carbons (Fsp3) is 0.200. The average molecular weight is 269 g/mol. The zero-order valence-electron chi connectivity index (χ0n) is 11.4. The second-order valence-electron chi connectivity index (χ2n) is 4.58. The van der Waals surface area contributed by atoms with Crippen molar-refractivity contribution >= 4 is 5.65 Å². The molecule has 102 valence electrons. The lowest BCUT2D eigenvalue weighted by Crippen LogP contribution is -1.99. The van der Waals surface area contributed by atoms with Gasteiger partial charge in [0.25, 0.3) is 0 Å². The van der Waals surface area contributed by atoms with Crippen LogP contribution in [0.25, 0.3) is 16.9 Å². The average Bonchev–Trinajstić information content (AvgIpc) is 2.89. The number of ether oxygens (including phenoxy) is 1. The highest BCUT2D eigenvalue weighted by Crippen LogP contribution is 2.25. The summed E-state index contributed by atoms with van der Waals surface area (Å²) in [6.07, 6.45) is 1.63. The Kier molecular flexibility index (Phi) is 3.12. The topological polar surface area (TPSA) is 59.7 Å². The molecule has 0 atom stereocenters. The molecule has 20 heavy (non-hydrogen) atoms. The number of aliphatic hydroxyl groups excluding tert-OH is 1. The smallest absolute Gasteiger partial charge is 0.153 e. The van der Waals surface area contributed by atoms with Crippen molar-refractivity contribution in [3.05, 3.63) is 47.8 Å². The van der Waals surface area contributed by atoms with Gasteiger partial charge in [0.2, 0.25) is 0 Å². The van der Waals surface area contributed by atoms with Gasteiger partial charge in [-0.25, -0.2) is 9.50 Å². The van der Waals surface area contributed by atoms with Crippen molar-refractivity contribution in [3.8, 4) is 17.0 Å². The zero-order valence-corrected chi connectivity index (χ0v) is 11.4. The minimum atomic E-state index is -0.0841. The van der Waals surface area contributed by atoms with Gasteiger partial charge < -0.3 is 9.84 Å². The molecular weight excluding hydrogens is 254 g/mol. The van der Waals surface area contributed by atoms with Crippen LogP contribution in [0.2, 0.25) is 0 Å². The quantitative estimate of drug-likeness (QED) is 0.792. The van der Waals surface area contributed by atoms with Gasteiger partial charge in [0, 0.05) is 5.56 Å². The Morgan fingerprint density at radius 1 is 1.25 bits per heavy atom. The Morgan fingerprint density at radius 3 is 2.80 bits per heavy atom. The highest BCUT2D eigenvalue weighted by atomic mass is 16.5.